The van der Waals surface area contributed by atoms with Crippen LogP contribution >= 0.6 is 11.6 Å². The molecule has 1 amide bonds. The molecule has 0 radical (unpaired) electrons. The Labute approximate surface area is 116 Å². The molecule has 0 aromatic heterocycles. The van der Waals surface area contributed by atoms with Crippen molar-refractivity contribution in [1.29, 1.82) is 0 Å². The van der Waals surface area contributed by atoms with Gasteiger partial charge in [-0.3, -0.25) is 4.79 Å². The van der Waals surface area contributed by atoms with Crippen LogP contribution in [0.1, 0.15) is 21.5 Å². The maximum absolute atomic E-state index is 12.2. The summed E-state index contributed by atoms with van der Waals surface area (Å²) in [5.74, 6) is -0.283. The maximum Gasteiger partial charge on any atom is 0.257 e. The fourth-order valence-electron chi connectivity index (χ4n) is 1.79. The van der Waals surface area contributed by atoms with Crippen LogP contribution in [0.25, 0.3) is 0 Å². The normalized spacial score (nSPS) is 10.3. The summed E-state index contributed by atoms with van der Waals surface area (Å²) >= 11 is 6.12. The van der Waals surface area contributed by atoms with Crippen molar-refractivity contribution in [2.45, 2.75) is 13.5 Å². The zero-order valence-corrected chi connectivity index (χ0v) is 11.2. The third kappa shape index (κ3) is 2.95. The number of amides is 1. The Bertz CT molecular complexity index is 611. The molecule has 0 fully saturated rings. The van der Waals surface area contributed by atoms with Crippen LogP contribution in [-0.4, -0.2) is 11.0 Å². The minimum absolute atomic E-state index is 0.127. The molecule has 19 heavy (non-hydrogen) atoms. The summed E-state index contributed by atoms with van der Waals surface area (Å²) in [7, 11) is 0. The first kappa shape index (κ1) is 13.6. The van der Waals surface area contributed by atoms with E-state index in [9.17, 15) is 9.90 Å². The second-order valence-corrected chi connectivity index (χ2v) is 4.58. The Hall–Kier alpha value is -1.84. The topological polar surface area (TPSA) is 49.3 Å². The average Bonchev–Trinajstić information content (AvgIpc) is 2.42. The van der Waals surface area contributed by atoms with Crippen molar-refractivity contribution in [2.75, 3.05) is 5.32 Å². The van der Waals surface area contributed by atoms with Crippen LogP contribution in [0.2, 0.25) is 5.02 Å². The van der Waals surface area contributed by atoms with Gasteiger partial charge >= 0.3 is 0 Å². The number of benzene rings is 2. The molecule has 3 nitrogen and oxygen atoms in total. The Morgan fingerprint density at radius 3 is 2.68 bits per heavy atom. The number of hydrogen-bond acceptors (Lipinski definition) is 2. The summed E-state index contributed by atoms with van der Waals surface area (Å²) in [4.78, 5) is 12.2. The molecule has 0 saturated heterocycles. The van der Waals surface area contributed by atoms with Gasteiger partial charge in [0, 0.05) is 11.3 Å². The highest BCUT2D eigenvalue weighted by molar-refractivity contribution is 6.35. The van der Waals surface area contributed by atoms with E-state index in [0.717, 1.165) is 5.56 Å². The molecule has 2 aromatic carbocycles. The minimum atomic E-state index is -0.283. The number of aryl methyl sites for hydroxylation is 1. The lowest BCUT2D eigenvalue weighted by Gasteiger charge is -2.11. The third-order valence-electron chi connectivity index (χ3n) is 2.87. The van der Waals surface area contributed by atoms with Crippen molar-refractivity contribution in [3.8, 4) is 0 Å². The largest absolute Gasteiger partial charge is 0.392 e. The number of rotatable bonds is 3. The second-order valence-electron chi connectivity index (χ2n) is 4.21. The van der Waals surface area contributed by atoms with E-state index in [1.54, 1.807) is 36.4 Å². The number of hydrogen-bond donors (Lipinski definition) is 2. The lowest BCUT2D eigenvalue weighted by Crippen LogP contribution is -2.14. The molecule has 2 N–H and O–H groups in total. The van der Waals surface area contributed by atoms with E-state index >= 15 is 0 Å². The number of aliphatic hydroxyl groups excluding tert-OH is 1. The monoisotopic (exact) mass is 275 g/mol. The Morgan fingerprint density at radius 2 is 1.95 bits per heavy atom. The van der Waals surface area contributed by atoms with Gasteiger partial charge < -0.3 is 10.4 Å². The van der Waals surface area contributed by atoms with Crippen molar-refractivity contribution < 1.29 is 9.90 Å². The van der Waals surface area contributed by atoms with Crippen molar-refractivity contribution in [1.82, 2.24) is 0 Å². The zero-order chi connectivity index (χ0) is 13.8. The minimum Gasteiger partial charge on any atom is -0.392 e. The van der Waals surface area contributed by atoms with Crippen LogP contribution in [0.5, 0.6) is 0 Å². The highest BCUT2D eigenvalue weighted by Crippen LogP contribution is 2.22. The Balaban J connectivity index is 2.28. The van der Waals surface area contributed by atoms with Crippen molar-refractivity contribution >= 4 is 23.2 Å². The number of carbonyl (C=O) groups is 1. The van der Waals surface area contributed by atoms with E-state index in [-0.39, 0.29) is 12.5 Å². The standard InChI is InChI=1S/C15H14ClNO2/c1-10-5-4-7-12(14(10)16)15(19)17-13-8-3-2-6-11(13)9-18/h2-8,18H,9H2,1H3,(H,17,19). The molecule has 0 heterocycles. The SMILES string of the molecule is Cc1cccc(C(=O)Nc2ccccc2CO)c1Cl. The van der Waals surface area contributed by atoms with Gasteiger partial charge in [-0.25, -0.2) is 0 Å². The summed E-state index contributed by atoms with van der Waals surface area (Å²) < 4.78 is 0. The van der Waals surface area contributed by atoms with Crippen LogP contribution in [0.3, 0.4) is 0 Å². The molecule has 4 heteroatoms. The first-order chi connectivity index (χ1) is 9.13. The fourth-order valence-corrected chi connectivity index (χ4v) is 2.00. The van der Waals surface area contributed by atoms with Crippen LogP contribution in [-0.2, 0) is 6.61 Å². The van der Waals surface area contributed by atoms with E-state index in [2.05, 4.69) is 5.32 Å². The average molecular weight is 276 g/mol. The number of carbonyl (C=O) groups excluding carboxylic acids is 1. The van der Waals surface area contributed by atoms with Crippen molar-refractivity contribution in [3.05, 3.63) is 64.2 Å². The van der Waals surface area contributed by atoms with Gasteiger partial charge in [0.1, 0.15) is 0 Å². The van der Waals surface area contributed by atoms with Crippen molar-refractivity contribution in [2.24, 2.45) is 0 Å². The maximum atomic E-state index is 12.2. The molecule has 0 saturated carbocycles. The molecule has 0 spiro atoms. The smallest absolute Gasteiger partial charge is 0.257 e. The molecule has 0 aliphatic heterocycles. The molecule has 0 bridgehead atoms. The summed E-state index contributed by atoms with van der Waals surface area (Å²) in [5.41, 5.74) is 2.53. The van der Waals surface area contributed by atoms with Crippen LogP contribution in [0, 0.1) is 6.92 Å². The van der Waals surface area contributed by atoms with Gasteiger partial charge in [0.15, 0.2) is 0 Å². The molecule has 2 rings (SSSR count). The van der Waals surface area contributed by atoms with E-state index in [0.29, 0.717) is 21.8 Å². The van der Waals surface area contributed by atoms with E-state index in [4.69, 9.17) is 11.6 Å². The summed E-state index contributed by atoms with van der Waals surface area (Å²) in [5, 5.41) is 12.4. The number of nitrogens with one attached hydrogen (secondary N) is 1. The molecule has 0 aliphatic rings. The first-order valence-corrected chi connectivity index (χ1v) is 6.26. The van der Waals surface area contributed by atoms with Crippen LogP contribution in [0.4, 0.5) is 5.69 Å². The Morgan fingerprint density at radius 1 is 1.21 bits per heavy atom. The zero-order valence-electron chi connectivity index (χ0n) is 10.5. The fraction of sp³-hybridized carbons (Fsp3) is 0.133. The van der Waals surface area contributed by atoms with Gasteiger partial charge in [0.25, 0.3) is 5.91 Å². The van der Waals surface area contributed by atoms with E-state index in [1.807, 2.05) is 13.0 Å². The van der Waals surface area contributed by atoms with Crippen LogP contribution in [0.15, 0.2) is 42.5 Å². The Kier molecular flexibility index (Phi) is 4.20. The van der Waals surface area contributed by atoms with Gasteiger partial charge in [-0.05, 0) is 24.6 Å². The van der Waals surface area contributed by atoms with Gasteiger partial charge in [-0.1, -0.05) is 41.9 Å². The van der Waals surface area contributed by atoms with Gasteiger partial charge in [0.05, 0.1) is 17.2 Å². The lowest BCUT2D eigenvalue weighted by molar-refractivity contribution is 0.102. The molecular weight excluding hydrogens is 262 g/mol. The van der Waals surface area contributed by atoms with E-state index in [1.165, 1.54) is 0 Å². The first-order valence-electron chi connectivity index (χ1n) is 5.88. The highest BCUT2D eigenvalue weighted by Gasteiger charge is 2.13. The number of aliphatic hydroxyl groups is 1. The van der Waals surface area contributed by atoms with E-state index < -0.39 is 0 Å². The second kappa shape index (κ2) is 5.87. The quantitative estimate of drug-likeness (QED) is 0.902. The molecule has 0 unspecified atom stereocenters. The summed E-state index contributed by atoms with van der Waals surface area (Å²) in [6.45, 7) is 1.72. The number of halogens is 1. The van der Waals surface area contributed by atoms with Gasteiger partial charge in [-0.2, -0.15) is 0 Å². The highest BCUT2D eigenvalue weighted by atomic mass is 35.5. The van der Waals surface area contributed by atoms with Crippen LogP contribution < -0.4 is 5.32 Å². The number of anilines is 1. The van der Waals surface area contributed by atoms with Gasteiger partial charge in [0.2, 0.25) is 0 Å². The molecule has 0 atom stereocenters. The lowest BCUT2D eigenvalue weighted by atomic mass is 10.1. The van der Waals surface area contributed by atoms with Gasteiger partial charge in [-0.15, -0.1) is 0 Å². The molecule has 2 aromatic rings. The molecule has 98 valence electrons. The predicted octanol–water partition coefficient (Wildman–Crippen LogP) is 3.39. The predicted molar refractivity (Wildman–Crippen MR) is 76.5 cm³/mol. The number of para-hydroxylation sites is 1. The summed E-state index contributed by atoms with van der Waals surface area (Å²) in [6, 6.07) is 12.4. The molecule has 0 aliphatic carbocycles. The summed E-state index contributed by atoms with van der Waals surface area (Å²) in [6.07, 6.45) is 0. The van der Waals surface area contributed by atoms with Crippen molar-refractivity contribution in [3.63, 3.8) is 0 Å². The third-order valence-corrected chi connectivity index (χ3v) is 3.37. The molecular formula is C15H14ClNO2.